The second-order valence-electron chi connectivity index (χ2n) is 16.7. The normalized spacial score (nSPS) is 22.8. The van der Waals surface area contributed by atoms with Gasteiger partial charge in [-0.1, -0.05) is 50.3 Å². The zero-order chi connectivity index (χ0) is 42.2. The third-order valence-corrected chi connectivity index (χ3v) is 13.0. The highest BCUT2D eigenvalue weighted by Gasteiger charge is 2.63. The summed E-state index contributed by atoms with van der Waals surface area (Å²) in [6, 6.07) is 14.5. The van der Waals surface area contributed by atoms with E-state index in [0.717, 1.165) is 5.56 Å². The van der Waals surface area contributed by atoms with Crippen molar-refractivity contribution in [1.82, 2.24) is 25.2 Å². The maximum Gasteiger partial charge on any atom is 0.408 e. The maximum absolute atomic E-state index is 14.5. The van der Waals surface area contributed by atoms with Gasteiger partial charge in [0.2, 0.25) is 21.8 Å². The summed E-state index contributed by atoms with van der Waals surface area (Å²) >= 11 is 0. The highest BCUT2D eigenvalue weighted by molar-refractivity contribution is 7.91. The van der Waals surface area contributed by atoms with Gasteiger partial charge in [-0.15, -0.1) is 6.58 Å². The number of aromatic nitrogens is 1. The molecule has 3 aliphatic rings. The van der Waals surface area contributed by atoms with E-state index in [0.29, 0.717) is 40.9 Å². The van der Waals surface area contributed by atoms with Gasteiger partial charge in [-0.2, -0.15) is 0 Å². The minimum Gasteiger partial charge on any atom is -0.497 e. The van der Waals surface area contributed by atoms with Crippen molar-refractivity contribution in [2.24, 2.45) is 11.8 Å². The Kier molecular flexibility index (Phi) is 11.8. The topological polar surface area (TPSA) is 192 Å². The molecule has 5 unspecified atom stereocenters. The van der Waals surface area contributed by atoms with Crippen LogP contribution in [-0.4, -0.2) is 104 Å². The first-order valence-electron chi connectivity index (χ1n) is 19.4. The van der Waals surface area contributed by atoms with Crippen molar-refractivity contribution in [3.63, 3.8) is 0 Å². The van der Waals surface area contributed by atoms with E-state index in [-0.39, 0.29) is 26.0 Å². The number of methoxy groups -OCH3 is 2. The van der Waals surface area contributed by atoms with Gasteiger partial charge in [0.15, 0.2) is 0 Å². The Morgan fingerprint density at radius 3 is 2.34 bits per heavy atom. The summed E-state index contributed by atoms with van der Waals surface area (Å²) in [6.45, 7) is 12.3. The van der Waals surface area contributed by atoms with Crippen LogP contribution in [0.4, 0.5) is 4.79 Å². The molecule has 3 N–H and O–H groups in total. The molecule has 2 aliphatic carbocycles. The molecule has 1 aromatic heterocycles. The van der Waals surface area contributed by atoms with Gasteiger partial charge in [-0.05, 0) is 58.1 Å². The van der Waals surface area contributed by atoms with Crippen LogP contribution < -0.4 is 24.8 Å². The predicted molar refractivity (Wildman–Crippen MR) is 216 cm³/mol. The number of pyridine rings is 1. The predicted octanol–water partition coefficient (Wildman–Crippen LogP) is 4.49. The molecule has 6 rings (SSSR count). The molecule has 3 fully saturated rings. The third-order valence-electron chi connectivity index (χ3n) is 10.9. The molecule has 15 nitrogen and oxygen atoms in total. The number of alkyl carbamates (subject to hydrolysis) is 1. The van der Waals surface area contributed by atoms with Crippen LogP contribution in [0.3, 0.4) is 0 Å². The van der Waals surface area contributed by atoms with E-state index in [2.05, 4.69) is 21.9 Å². The van der Waals surface area contributed by atoms with Gasteiger partial charge in [0.1, 0.15) is 45.6 Å². The Bertz CT molecular complexity index is 2190. The molecule has 3 aromatic rings. The van der Waals surface area contributed by atoms with Crippen LogP contribution in [-0.2, 0) is 33.9 Å². The maximum atomic E-state index is 14.5. The largest absolute Gasteiger partial charge is 0.497 e. The highest BCUT2D eigenvalue weighted by Crippen LogP contribution is 2.47. The molecular weight excluding hydrogens is 767 g/mol. The average molecular weight is 820 g/mol. The van der Waals surface area contributed by atoms with Gasteiger partial charge in [-0.3, -0.25) is 19.1 Å². The minimum absolute atomic E-state index is 0.00116. The molecule has 1 aliphatic heterocycles. The van der Waals surface area contributed by atoms with E-state index in [1.54, 1.807) is 59.9 Å². The third kappa shape index (κ3) is 8.77. The number of ether oxygens (including phenoxy) is 4. The molecule has 2 aromatic carbocycles. The second-order valence-corrected chi connectivity index (χ2v) is 18.7. The van der Waals surface area contributed by atoms with Crippen molar-refractivity contribution in [3.8, 4) is 22.8 Å². The van der Waals surface area contributed by atoms with Crippen LogP contribution >= 0.6 is 0 Å². The van der Waals surface area contributed by atoms with Crippen LogP contribution in [0, 0.1) is 11.8 Å². The summed E-state index contributed by atoms with van der Waals surface area (Å²) < 4.78 is 50.5. The molecule has 2 heterocycles. The Hall–Kier alpha value is -5.22. The number of likely N-dealkylation sites (tertiary alicyclic amines) is 1. The fourth-order valence-electron chi connectivity index (χ4n) is 7.39. The number of fused-ring (bicyclic) bond motifs is 1. The molecule has 16 heteroatoms. The number of carbonyl (C=O) groups excluding carboxylic acids is 4. The molecule has 4 amide bonds. The Labute approximate surface area is 339 Å². The minimum atomic E-state index is -4.16. The molecule has 5 atom stereocenters. The van der Waals surface area contributed by atoms with Crippen LogP contribution in [0.1, 0.15) is 60.3 Å². The Morgan fingerprint density at radius 1 is 1.05 bits per heavy atom. The summed E-state index contributed by atoms with van der Waals surface area (Å²) in [7, 11) is -1.20. The van der Waals surface area contributed by atoms with Crippen molar-refractivity contribution in [2.45, 2.75) is 94.4 Å². The number of hydrogen-bond acceptors (Lipinski definition) is 11. The summed E-state index contributed by atoms with van der Waals surface area (Å²) in [4.78, 5) is 62.1. The van der Waals surface area contributed by atoms with Gasteiger partial charge in [0.05, 0.1) is 31.5 Å². The Morgan fingerprint density at radius 2 is 1.76 bits per heavy atom. The summed E-state index contributed by atoms with van der Waals surface area (Å²) in [5.74, 6) is -2.09. The average Bonchev–Trinajstić information content (AvgIpc) is 4.07. The van der Waals surface area contributed by atoms with Gasteiger partial charge in [-0.25, -0.2) is 18.2 Å². The zero-order valence-corrected chi connectivity index (χ0v) is 34.8. The van der Waals surface area contributed by atoms with Crippen molar-refractivity contribution in [1.29, 1.82) is 0 Å². The van der Waals surface area contributed by atoms with E-state index < -0.39 is 79.7 Å². The van der Waals surface area contributed by atoms with Gasteiger partial charge in [0, 0.05) is 42.5 Å². The highest BCUT2D eigenvalue weighted by atomic mass is 32.2. The molecule has 0 bridgehead atoms. The number of hydrogen-bond donors (Lipinski definition) is 3. The first-order valence-corrected chi connectivity index (χ1v) is 20.9. The smallest absolute Gasteiger partial charge is 0.408 e. The number of carbonyl (C=O) groups is 4. The van der Waals surface area contributed by atoms with Gasteiger partial charge < -0.3 is 34.5 Å². The van der Waals surface area contributed by atoms with Crippen molar-refractivity contribution >= 4 is 44.7 Å². The lowest BCUT2D eigenvalue weighted by atomic mass is 10.0. The molecule has 0 radical (unpaired) electrons. The monoisotopic (exact) mass is 819 g/mol. The van der Waals surface area contributed by atoms with Crippen molar-refractivity contribution < 1.29 is 46.5 Å². The summed E-state index contributed by atoms with van der Waals surface area (Å²) in [5.41, 5.74) is -0.394. The lowest BCUT2D eigenvalue weighted by molar-refractivity contribution is -0.141. The molecule has 312 valence electrons. The fourth-order valence-corrected chi connectivity index (χ4v) is 8.95. The van der Waals surface area contributed by atoms with Gasteiger partial charge in [0.25, 0.3) is 5.91 Å². The molecule has 1 saturated heterocycles. The van der Waals surface area contributed by atoms with E-state index in [1.807, 2.05) is 36.4 Å². The number of amides is 4. The quantitative estimate of drug-likeness (QED) is 0.183. The van der Waals surface area contributed by atoms with E-state index in [9.17, 15) is 27.6 Å². The second kappa shape index (κ2) is 16.2. The molecule has 0 spiro atoms. The SMILES string of the molecule is C=CC1CC1(NC(=O)C1CC(Oc2cc(-c3ccccc3)nc3cc(OC)ccc23)CN1C(=O)C(NC(=O)OC(C)(C)C)C(C)C)C(=O)NS(=O)(=O)C1(COC)CC1. The lowest BCUT2D eigenvalue weighted by Crippen LogP contribution is -2.59. The van der Waals surface area contributed by atoms with Crippen molar-refractivity contribution in [2.75, 3.05) is 27.4 Å². The van der Waals surface area contributed by atoms with Crippen LogP contribution in [0.5, 0.6) is 11.5 Å². The summed E-state index contributed by atoms with van der Waals surface area (Å²) in [6.07, 6.45) is 0.710. The number of nitrogens with zero attached hydrogens (tertiary/aromatic N) is 2. The first kappa shape index (κ1) is 42.4. The molecule has 58 heavy (non-hydrogen) atoms. The molecular formula is C42H53N5O10S. The number of nitrogens with one attached hydrogen (secondary N) is 3. The summed E-state index contributed by atoms with van der Waals surface area (Å²) in [5, 5.41) is 6.17. The standard InChI is InChI=1S/C42H53N5O10S/c1-9-27-22-42(27,38(50)46-58(52,53)41(17-18-41)24-54-7)45-36(48)33-20-29(23-47(33)37(49)35(25(2)3)44-39(51)57-40(4,5)6)56-34-21-31(26-13-11-10-12-14-26)43-32-19-28(55-8)15-16-30(32)34/h9-16,19,21,25,27,29,33,35H,1,17-18,20,22-24H2,2-8H3,(H,44,51)(H,45,48)(H,46,50). The Balaban J connectivity index is 1.33. The van der Waals surface area contributed by atoms with E-state index >= 15 is 0 Å². The van der Waals surface area contributed by atoms with Crippen LogP contribution in [0.2, 0.25) is 0 Å². The van der Waals surface area contributed by atoms with Gasteiger partial charge >= 0.3 is 6.09 Å². The van der Waals surface area contributed by atoms with Crippen LogP contribution in [0.15, 0.2) is 67.3 Å². The van der Waals surface area contributed by atoms with E-state index in [1.165, 1.54) is 18.1 Å². The van der Waals surface area contributed by atoms with Crippen molar-refractivity contribution in [3.05, 3.63) is 67.3 Å². The number of sulfonamides is 1. The van der Waals surface area contributed by atoms with E-state index in [4.69, 9.17) is 23.9 Å². The zero-order valence-electron chi connectivity index (χ0n) is 34.0. The van der Waals surface area contributed by atoms with Crippen LogP contribution in [0.25, 0.3) is 22.2 Å². The first-order chi connectivity index (χ1) is 27.4. The molecule has 2 saturated carbocycles. The fraction of sp³-hybridized carbons (Fsp3) is 0.500. The number of benzene rings is 2. The number of rotatable bonds is 15. The lowest BCUT2D eigenvalue weighted by Gasteiger charge is -2.31.